The summed E-state index contributed by atoms with van der Waals surface area (Å²) in [5.74, 6) is 0.0449. The first-order valence-electron chi connectivity index (χ1n) is 6.81. The summed E-state index contributed by atoms with van der Waals surface area (Å²) < 4.78 is 18.4. The Bertz CT molecular complexity index is 855. The van der Waals surface area contributed by atoms with E-state index in [1.165, 1.54) is 12.1 Å². The predicted octanol–water partition coefficient (Wildman–Crippen LogP) is 3.88. The number of hydrogen-bond acceptors (Lipinski definition) is 2. The van der Waals surface area contributed by atoms with E-state index < -0.39 is 5.82 Å². The molecule has 22 heavy (non-hydrogen) atoms. The van der Waals surface area contributed by atoms with Crippen LogP contribution in [0.4, 0.5) is 10.1 Å². The van der Waals surface area contributed by atoms with Gasteiger partial charge in [0.05, 0.1) is 18.2 Å². The Hall–Kier alpha value is -2.82. The molecule has 0 saturated heterocycles. The van der Waals surface area contributed by atoms with Crippen LogP contribution in [0.1, 0.15) is 16.1 Å². The fraction of sp³-hybridized carbons (Fsp3) is 0.118. The molecule has 2 N–H and O–H groups in total. The fourth-order valence-corrected chi connectivity index (χ4v) is 2.49. The summed E-state index contributed by atoms with van der Waals surface area (Å²) >= 11 is 0. The second-order valence-corrected chi connectivity index (χ2v) is 5.00. The van der Waals surface area contributed by atoms with Gasteiger partial charge in [-0.3, -0.25) is 4.79 Å². The number of aromatic amines is 1. The highest BCUT2D eigenvalue weighted by Crippen LogP contribution is 2.26. The van der Waals surface area contributed by atoms with Gasteiger partial charge in [-0.05, 0) is 37.3 Å². The summed E-state index contributed by atoms with van der Waals surface area (Å²) in [6, 6.07) is 11.3. The lowest BCUT2D eigenvalue weighted by atomic mass is 10.1. The van der Waals surface area contributed by atoms with Crippen molar-refractivity contribution in [3.05, 3.63) is 59.5 Å². The third-order valence-corrected chi connectivity index (χ3v) is 3.50. The van der Waals surface area contributed by atoms with Crippen LogP contribution in [0.3, 0.4) is 0 Å². The topological polar surface area (TPSA) is 54.1 Å². The Balaban J connectivity index is 1.98. The first-order valence-corrected chi connectivity index (χ1v) is 6.81. The van der Waals surface area contributed by atoms with E-state index in [1.807, 2.05) is 19.1 Å². The zero-order valence-corrected chi connectivity index (χ0v) is 12.2. The SMILES string of the molecule is COc1ccc2c(C(=O)Nc3cccc(F)c3)c(C)[nH]c2c1. The molecule has 3 aromatic rings. The number of rotatable bonds is 3. The number of aromatic nitrogens is 1. The predicted molar refractivity (Wildman–Crippen MR) is 83.9 cm³/mol. The molecule has 0 saturated carbocycles. The van der Waals surface area contributed by atoms with Crippen LogP contribution in [0, 0.1) is 12.7 Å². The van der Waals surface area contributed by atoms with Crippen molar-refractivity contribution in [3.63, 3.8) is 0 Å². The Morgan fingerprint density at radius 2 is 2.05 bits per heavy atom. The second-order valence-electron chi connectivity index (χ2n) is 5.00. The first-order chi connectivity index (χ1) is 10.6. The minimum absolute atomic E-state index is 0.278. The molecule has 0 aliphatic carbocycles. The standard InChI is InChI=1S/C17H15FN2O2/c1-10-16(14-7-6-13(22-2)9-15(14)19-10)17(21)20-12-5-3-4-11(18)8-12/h3-9,19H,1-2H3,(H,20,21). The average Bonchev–Trinajstić information content (AvgIpc) is 2.81. The number of methoxy groups -OCH3 is 1. The van der Waals surface area contributed by atoms with Gasteiger partial charge in [0.15, 0.2) is 0 Å². The molecule has 0 radical (unpaired) electrons. The maximum Gasteiger partial charge on any atom is 0.258 e. The number of anilines is 1. The summed E-state index contributed by atoms with van der Waals surface area (Å²) in [7, 11) is 1.59. The molecule has 1 aromatic heterocycles. The van der Waals surface area contributed by atoms with Crippen LogP contribution in [-0.4, -0.2) is 18.0 Å². The van der Waals surface area contributed by atoms with Crippen molar-refractivity contribution in [2.45, 2.75) is 6.92 Å². The number of halogens is 1. The molecule has 1 amide bonds. The molecule has 5 heteroatoms. The van der Waals surface area contributed by atoms with E-state index in [0.717, 1.165) is 16.6 Å². The van der Waals surface area contributed by atoms with Crippen LogP contribution >= 0.6 is 0 Å². The highest BCUT2D eigenvalue weighted by Gasteiger charge is 2.16. The number of carbonyl (C=O) groups is 1. The quantitative estimate of drug-likeness (QED) is 0.771. The average molecular weight is 298 g/mol. The third-order valence-electron chi connectivity index (χ3n) is 3.50. The van der Waals surface area contributed by atoms with E-state index in [0.29, 0.717) is 17.0 Å². The van der Waals surface area contributed by atoms with Gasteiger partial charge < -0.3 is 15.0 Å². The van der Waals surface area contributed by atoms with E-state index in [9.17, 15) is 9.18 Å². The largest absolute Gasteiger partial charge is 0.497 e. The third kappa shape index (κ3) is 2.53. The van der Waals surface area contributed by atoms with Crippen LogP contribution < -0.4 is 10.1 Å². The van der Waals surface area contributed by atoms with Crippen LogP contribution in [0.25, 0.3) is 10.9 Å². The van der Waals surface area contributed by atoms with Crippen molar-refractivity contribution < 1.29 is 13.9 Å². The van der Waals surface area contributed by atoms with Crippen LogP contribution in [0.15, 0.2) is 42.5 Å². The second kappa shape index (κ2) is 5.52. The molecule has 0 aliphatic heterocycles. The van der Waals surface area contributed by atoms with Gasteiger partial charge >= 0.3 is 0 Å². The van der Waals surface area contributed by atoms with Crippen LogP contribution in [-0.2, 0) is 0 Å². The Morgan fingerprint density at radius 1 is 1.23 bits per heavy atom. The Labute approximate surface area is 126 Å². The maximum absolute atomic E-state index is 13.2. The first kappa shape index (κ1) is 14.1. The highest BCUT2D eigenvalue weighted by molar-refractivity contribution is 6.14. The summed E-state index contributed by atoms with van der Waals surface area (Å²) in [6.07, 6.45) is 0. The zero-order chi connectivity index (χ0) is 15.7. The smallest absolute Gasteiger partial charge is 0.258 e. The number of ether oxygens (including phenoxy) is 1. The van der Waals surface area contributed by atoms with Gasteiger partial charge in [-0.25, -0.2) is 4.39 Å². The van der Waals surface area contributed by atoms with E-state index in [4.69, 9.17) is 4.74 Å². The number of aryl methyl sites for hydroxylation is 1. The molecule has 112 valence electrons. The van der Waals surface area contributed by atoms with E-state index in [2.05, 4.69) is 10.3 Å². The molecule has 0 atom stereocenters. The number of benzene rings is 2. The van der Waals surface area contributed by atoms with Crippen LogP contribution in [0.5, 0.6) is 5.75 Å². The van der Waals surface area contributed by atoms with Crippen molar-refractivity contribution in [2.75, 3.05) is 12.4 Å². The van der Waals surface area contributed by atoms with Gasteiger partial charge in [0.1, 0.15) is 11.6 Å². The number of hydrogen-bond donors (Lipinski definition) is 2. The van der Waals surface area contributed by atoms with Crippen molar-refractivity contribution >= 4 is 22.5 Å². The summed E-state index contributed by atoms with van der Waals surface area (Å²) in [6.45, 7) is 1.83. The molecule has 0 bridgehead atoms. The minimum Gasteiger partial charge on any atom is -0.497 e. The van der Waals surface area contributed by atoms with Crippen LogP contribution in [0.2, 0.25) is 0 Å². The highest BCUT2D eigenvalue weighted by atomic mass is 19.1. The fourth-order valence-electron chi connectivity index (χ4n) is 2.49. The lowest BCUT2D eigenvalue weighted by Crippen LogP contribution is -2.12. The summed E-state index contributed by atoms with van der Waals surface area (Å²) in [5.41, 5.74) is 2.53. The molecule has 0 fully saturated rings. The van der Waals surface area contributed by atoms with E-state index >= 15 is 0 Å². The van der Waals surface area contributed by atoms with Gasteiger partial charge in [-0.2, -0.15) is 0 Å². The monoisotopic (exact) mass is 298 g/mol. The molecule has 0 aliphatic rings. The molecule has 0 spiro atoms. The Morgan fingerprint density at radius 3 is 2.77 bits per heavy atom. The molecule has 0 unspecified atom stereocenters. The van der Waals surface area contributed by atoms with Gasteiger partial charge in [-0.1, -0.05) is 6.07 Å². The normalized spacial score (nSPS) is 10.7. The van der Waals surface area contributed by atoms with Crippen molar-refractivity contribution in [1.29, 1.82) is 0 Å². The van der Waals surface area contributed by atoms with Crippen molar-refractivity contribution in [1.82, 2.24) is 4.98 Å². The number of fused-ring (bicyclic) bond motifs is 1. The number of carbonyl (C=O) groups excluding carboxylic acids is 1. The summed E-state index contributed by atoms with van der Waals surface area (Å²) in [4.78, 5) is 15.7. The molecule has 3 rings (SSSR count). The minimum atomic E-state index is -0.391. The lowest BCUT2D eigenvalue weighted by molar-refractivity contribution is 0.102. The van der Waals surface area contributed by atoms with Crippen molar-refractivity contribution in [3.8, 4) is 5.75 Å². The van der Waals surface area contributed by atoms with E-state index in [-0.39, 0.29) is 5.91 Å². The molecule has 1 heterocycles. The number of H-pyrrole nitrogens is 1. The van der Waals surface area contributed by atoms with E-state index in [1.54, 1.807) is 25.3 Å². The molecular formula is C17H15FN2O2. The zero-order valence-electron chi connectivity index (χ0n) is 12.2. The maximum atomic E-state index is 13.2. The molecular weight excluding hydrogens is 283 g/mol. The van der Waals surface area contributed by atoms with Gasteiger partial charge in [0, 0.05) is 22.8 Å². The summed E-state index contributed by atoms with van der Waals surface area (Å²) in [5, 5.41) is 3.51. The van der Waals surface area contributed by atoms with Gasteiger partial charge in [0.2, 0.25) is 0 Å². The number of nitrogens with one attached hydrogen (secondary N) is 2. The molecule has 4 nitrogen and oxygen atoms in total. The lowest BCUT2D eigenvalue weighted by Gasteiger charge is -2.06. The number of amides is 1. The van der Waals surface area contributed by atoms with Gasteiger partial charge in [0.25, 0.3) is 5.91 Å². The molecule has 2 aromatic carbocycles. The van der Waals surface area contributed by atoms with Crippen molar-refractivity contribution in [2.24, 2.45) is 0 Å². The Kier molecular flexibility index (Phi) is 3.55. The van der Waals surface area contributed by atoms with Gasteiger partial charge in [-0.15, -0.1) is 0 Å².